The Labute approximate surface area is 82.7 Å². The first kappa shape index (κ1) is 9.77. The van der Waals surface area contributed by atoms with E-state index in [1.54, 1.807) is 12.1 Å². The maximum atomic E-state index is 9.80. The largest absolute Gasteiger partial charge is 0.504 e. The van der Waals surface area contributed by atoms with Gasteiger partial charge in [-0.1, -0.05) is 6.07 Å². The van der Waals surface area contributed by atoms with Crippen LogP contribution in [0, 0.1) is 0 Å². The summed E-state index contributed by atoms with van der Waals surface area (Å²) >= 11 is 3.03. The van der Waals surface area contributed by atoms with Crippen LogP contribution < -0.4 is 0 Å². The minimum atomic E-state index is -0.270. The van der Waals surface area contributed by atoms with E-state index in [2.05, 4.69) is 20.9 Å². The van der Waals surface area contributed by atoms with E-state index in [1.165, 1.54) is 6.08 Å². The lowest BCUT2D eigenvalue weighted by Gasteiger charge is -2.03. The number of aliphatic imine (C=N–C) groups is 1. The summed E-state index contributed by atoms with van der Waals surface area (Å²) in [5.74, 6) is -0.521. The van der Waals surface area contributed by atoms with Gasteiger partial charge in [0.1, 0.15) is 0 Å². The van der Waals surface area contributed by atoms with Crippen LogP contribution in [0.3, 0.4) is 0 Å². The summed E-state index contributed by atoms with van der Waals surface area (Å²) < 4.78 is 0.392. The zero-order chi connectivity index (χ0) is 9.84. The van der Waals surface area contributed by atoms with Crippen LogP contribution in [-0.2, 0) is 11.3 Å². The molecule has 0 saturated carbocycles. The van der Waals surface area contributed by atoms with Crippen molar-refractivity contribution < 1.29 is 15.0 Å². The molecule has 1 aromatic carbocycles. The lowest BCUT2D eigenvalue weighted by atomic mass is 10.2. The van der Waals surface area contributed by atoms with Crippen molar-refractivity contribution in [3.8, 4) is 11.5 Å². The predicted molar refractivity (Wildman–Crippen MR) is 49.3 cm³/mol. The van der Waals surface area contributed by atoms with Crippen molar-refractivity contribution in [1.82, 2.24) is 0 Å². The van der Waals surface area contributed by atoms with Crippen LogP contribution in [0.15, 0.2) is 21.6 Å². The van der Waals surface area contributed by atoms with Gasteiger partial charge in [0.15, 0.2) is 11.5 Å². The number of rotatable bonds is 2. The highest BCUT2D eigenvalue weighted by Crippen LogP contribution is 2.36. The van der Waals surface area contributed by atoms with Gasteiger partial charge in [0.25, 0.3) is 0 Å². The second kappa shape index (κ2) is 4.07. The Bertz CT molecular complexity index is 372. The van der Waals surface area contributed by atoms with E-state index in [-0.39, 0.29) is 18.0 Å². The molecule has 0 unspecified atom stereocenters. The molecule has 0 spiro atoms. The maximum Gasteiger partial charge on any atom is 0.235 e. The zero-order valence-corrected chi connectivity index (χ0v) is 8.08. The van der Waals surface area contributed by atoms with Crippen molar-refractivity contribution in [1.29, 1.82) is 0 Å². The van der Waals surface area contributed by atoms with E-state index in [0.717, 1.165) is 0 Å². The van der Waals surface area contributed by atoms with Gasteiger partial charge in [0.05, 0.1) is 11.0 Å². The van der Waals surface area contributed by atoms with Gasteiger partial charge >= 0.3 is 0 Å². The number of nitrogens with zero attached hydrogens (tertiary/aromatic N) is 1. The number of carbonyl (C=O) groups excluding carboxylic acids is 1. The molecule has 0 aromatic heterocycles. The summed E-state index contributed by atoms with van der Waals surface area (Å²) in [6.07, 6.45) is 1.35. The van der Waals surface area contributed by atoms with Crippen LogP contribution in [-0.4, -0.2) is 16.3 Å². The zero-order valence-electron chi connectivity index (χ0n) is 6.49. The minimum Gasteiger partial charge on any atom is -0.504 e. The molecule has 0 amide bonds. The number of phenolic OH excluding ortho intramolecular Hbond substituents is 2. The van der Waals surface area contributed by atoms with Crippen LogP contribution in [0.25, 0.3) is 0 Å². The molecule has 0 radical (unpaired) electrons. The van der Waals surface area contributed by atoms with E-state index in [4.69, 9.17) is 0 Å². The fraction of sp³-hybridized carbons (Fsp3) is 0.125. The van der Waals surface area contributed by atoms with Crippen LogP contribution in [0.1, 0.15) is 5.56 Å². The Morgan fingerprint density at radius 1 is 1.38 bits per heavy atom. The summed E-state index contributed by atoms with van der Waals surface area (Å²) in [5.41, 5.74) is 0.379. The first-order valence-corrected chi connectivity index (χ1v) is 4.19. The van der Waals surface area contributed by atoms with Crippen molar-refractivity contribution in [2.75, 3.05) is 0 Å². The summed E-state index contributed by atoms with van der Waals surface area (Å²) in [6.45, 7) is 0.0101. The van der Waals surface area contributed by atoms with Crippen LogP contribution >= 0.6 is 15.9 Å². The number of hydrogen-bond acceptors (Lipinski definition) is 4. The van der Waals surface area contributed by atoms with Gasteiger partial charge in [-0.15, -0.1) is 0 Å². The summed E-state index contributed by atoms with van der Waals surface area (Å²) in [5, 5.41) is 18.6. The molecule has 0 heterocycles. The molecule has 0 fully saturated rings. The van der Waals surface area contributed by atoms with Crippen molar-refractivity contribution >= 4 is 22.0 Å². The molecule has 68 valence electrons. The summed E-state index contributed by atoms with van der Waals surface area (Å²) in [4.78, 5) is 13.1. The van der Waals surface area contributed by atoms with E-state index in [0.29, 0.717) is 10.0 Å². The molecule has 4 nitrogen and oxygen atoms in total. The monoisotopic (exact) mass is 243 g/mol. The second-order valence-corrected chi connectivity index (χ2v) is 3.17. The summed E-state index contributed by atoms with van der Waals surface area (Å²) in [7, 11) is 0. The number of phenols is 2. The third kappa shape index (κ3) is 2.08. The van der Waals surface area contributed by atoms with E-state index in [1.807, 2.05) is 0 Å². The lowest BCUT2D eigenvalue weighted by molar-refractivity contribution is 0.397. The quantitative estimate of drug-likeness (QED) is 0.472. The Balaban J connectivity index is 3.10. The highest BCUT2D eigenvalue weighted by atomic mass is 79.9. The van der Waals surface area contributed by atoms with Gasteiger partial charge in [-0.2, -0.15) is 0 Å². The molecule has 5 heteroatoms. The standard InChI is InChI=1S/C8H6BrNO3/c9-6-2-1-5(3-10-4-11)7(12)8(6)13/h1-2,12-13H,3H2. The van der Waals surface area contributed by atoms with Gasteiger partial charge in [-0.25, -0.2) is 9.79 Å². The number of aromatic hydroxyl groups is 2. The molecule has 13 heavy (non-hydrogen) atoms. The molecule has 0 aliphatic rings. The average Bonchev–Trinajstić information content (AvgIpc) is 2.13. The number of isocyanates is 1. The minimum absolute atomic E-state index is 0.0101. The van der Waals surface area contributed by atoms with Gasteiger partial charge < -0.3 is 10.2 Å². The highest BCUT2D eigenvalue weighted by molar-refractivity contribution is 9.10. The number of hydrogen-bond donors (Lipinski definition) is 2. The molecule has 2 N–H and O–H groups in total. The molecular formula is C8H6BrNO3. The first-order chi connectivity index (χ1) is 6.16. The third-order valence-electron chi connectivity index (χ3n) is 1.50. The van der Waals surface area contributed by atoms with Crippen molar-refractivity contribution in [2.45, 2.75) is 6.54 Å². The Morgan fingerprint density at radius 2 is 2.08 bits per heavy atom. The third-order valence-corrected chi connectivity index (χ3v) is 2.14. The van der Waals surface area contributed by atoms with E-state index >= 15 is 0 Å². The Kier molecular flexibility index (Phi) is 3.06. The second-order valence-electron chi connectivity index (χ2n) is 2.31. The van der Waals surface area contributed by atoms with Gasteiger partial charge in [0, 0.05) is 5.56 Å². The van der Waals surface area contributed by atoms with Crippen LogP contribution in [0.2, 0.25) is 0 Å². The van der Waals surface area contributed by atoms with Crippen LogP contribution in [0.5, 0.6) is 11.5 Å². The van der Waals surface area contributed by atoms with Crippen molar-refractivity contribution in [3.05, 3.63) is 22.2 Å². The fourth-order valence-corrected chi connectivity index (χ4v) is 1.16. The van der Waals surface area contributed by atoms with Gasteiger partial charge in [-0.05, 0) is 22.0 Å². The topological polar surface area (TPSA) is 69.9 Å². The van der Waals surface area contributed by atoms with Gasteiger partial charge in [-0.3, -0.25) is 0 Å². The molecular weight excluding hydrogens is 238 g/mol. The first-order valence-electron chi connectivity index (χ1n) is 3.39. The van der Waals surface area contributed by atoms with Crippen molar-refractivity contribution in [2.24, 2.45) is 4.99 Å². The van der Waals surface area contributed by atoms with Crippen LogP contribution in [0.4, 0.5) is 0 Å². The Hall–Kier alpha value is -1.32. The number of benzene rings is 1. The lowest BCUT2D eigenvalue weighted by Crippen LogP contribution is -1.83. The number of halogens is 1. The molecule has 0 saturated heterocycles. The van der Waals surface area contributed by atoms with Gasteiger partial charge in [0.2, 0.25) is 6.08 Å². The molecule has 1 rings (SSSR count). The molecule has 0 aliphatic carbocycles. The normalized spacial score (nSPS) is 9.31. The smallest absolute Gasteiger partial charge is 0.235 e. The molecule has 1 aromatic rings. The summed E-state index contributed by atoms with van der Waals surface area (Å²) in [6, 6.07) is 3.12. The molecule has 0 bridgehead atoms. The van der Waals surface area contributed by atoms with Crippen molar-refractivity contribution in [3.63, 3.8) is 0 Å². The van der Waals surface area contributed by atoms with E-state index in [9.17, 15) is 15.0 Å². The highest BCUT2D eigenvalue weighted by Gasteiger charge is 2.08. The molecule has 0 aliphatic heterocycles. The van der Waals surface area contributed by atoms with E-state index < -0.39 is 0 Å². The predicted octanol–water partition coefficient (Wildman–Crippen LogP) is 1.70. The average molecular weight is 244 g/mol. The Morgan fingerprint density at radius 3 is 2.69 bits per heavy atom. The molecule has 0 atom stereocenters. The fourth-order valence-electron chi connectivity index (χ4n) is 0.842. The maximum absolute atomic E-state index is 9.80. The SMILES string of the molecule is O=C=NCc1ccc(Br)c(O)c1O.